The summed E-state index contributed by atoms with van der Waals surface area (Å²) in [7, 11) is -2.94. The molecule has 0 bridgehead atoms. The lowest BCUT2D eigenvalue weighted by Crippen LogP contribution is -1.77. The summed E-state index contributed by atoms with van der Waals surface area (Å²) < 4.78 is 13.3. The van der Waals surface area contributed by atoms with Gasteiger partial charge in [0.15, 0.2) is 0 Å². The fourth-order valence-electron chi connectivity index (χ4n) is 0.107. The van der Waals surface area contributed by atoms with Crippen LogP contribution in [-0.4, -0.2) is 17.8 Å². The van der Waals surface area contributed by atoms with Crippen molar-refractivity contribution in [3.05, 3.63) is 0 Å². The lowest BCUT2D eigenvalue weighted by atomic mass is 11.5. The van der Waals surface area contributed by atoms with Gasteiger partial charge in [0.05, 0.1) is 0 Å². The number of hydrogen-bond acceptors (Lipinski definition) is 3. The van der Waals surface area contributed by atoms with Gasteiger partial charge in [-0.05, 0) is 0 Å². The molecule has 7 heavy (non-hydrogen) atoms. The van der Waals surface area contributed by atoms with Crippen molar-refractivity contribution in [3.63, 3.8) is 0 Å². The molecular formula is C2H6NO2PS. The van der Waals surface area contributed by atoms with Gasteiger partial charge in [-0.2, -0.15) is 0 Å². The Bertz CT molecular complexity index is 108. The highest BCUT2D eigenvalue weighted by molar-refractivity contribution is 7.57. The molecule has 0 heterocycles. The van der Waals surface area contributed by atoms with Crippen LogP contribution >= 0.6 is 7.37 Å². The van der Waals surface area contributed by atoms with E-state index < -0.39 is 7.37 Å². The normalized spacial score (nSPS) is 18.0. The van der Waals surface area contributed by atoms with Gasteiger partial charge in [-0.3, -0.25) is 4.57 Å². The molecule has 0 rings (SSSR count). The Morgan fingerprint density at radius 1 is 2.00 bits per heavy atom. The van der Waals surface area contributed by atoms with E-state index in [2.05, 4.69) is 16.8 Å². The third-order valence-corrected chi connectivity index (χ3v) is 1.31. The van der Waals surface area contributed by atoms with Crippen molar-refractivity contribution < 1.29 is 9.46 Å². The van der Waals surface area contributed by atoms with Crippen molar-refractivity contribution in [1.82, 2.24) is 0 Å². The van der Waals surface area contributed by atoms with E-state index in [-0.39, 0.29) is 6.29 Å². The topological polar surface area (TPSA) is 49.7 Å². The summed E-state index contributed by atoms with van der Waals surface area (Å²) in [6.07, 6.45) is -0.109. The highest BCUT2D eigenvalue weighted by Crippen LogP contribution is 2.34. The van der Waals surface area contributed by atoms with Gasteiger partial charge in [0.2, 0.25) is 7.37 Å². The molecule has 0 saturated carbocycles. The highest BCUT2D eigenvalue weighted by atomic mass is 32.1. The minimum Gasteiger partial charge on any atom is -0.343 e. The summed E-state index contributed by atoms with van der Waals surface area (Å²) in [6.45, 7) is 1.23. The number of rotatable bonds is 2. The molecule has 1 unspecified atom stereocenters. The average Bonchev–Trinajstić information content (AvgIpc) is 1.30. The molecule has 0 spiro atoms. The molecule has 1 N–H and O–H groups in total. The summed E-state index contributed by atoms with van der Waals surface area (Å²) >= 11 is 4.09. The second-order valence-electron chi connectivity index (χ2n) is 1.32. The molecule has 0 fully saturated rings. The van der Waals surface area contributed by atoms with Crippen LogP contribution in [0.25, 0.3) is 0 Å². The summed E-state index contributed by atoms with van der Waals surface area (Å²) in [6, 6.07) is 0. The van der Waals surface area contributed by atoms with Crippen molar-refractivity contribution >= 4 is 19.8 Å². The first kappa shape index (κ1) is 7.21. The van der Waals surface area contributed by atoms with E-state index in [1.807, 2.05) is 0 Å². The predicted molar refractivity (Wildman–Crippen MR) is 30.4 cm³/mol. The van der Waals surface area contributed by atoms with E-state index in [1.165, 1.54) is 6.66 Å². The summed E-state index contributed by atoms with van der Waals surface area (Å²) in [5, 5.41) is 0. The molecule has 0 aliphatic carbocycles. The molecular weight excluding hydrogens is 133 g/mol. The van der Waals surface area contributed by atoms with E-state index in [1.54, 1.807) is 0 Å². The van der Waals surface area contributed by atoms with Crippen LogP contribution in [-0.2, 0) is 17.0 Å². The molecule has 0 radical (unpaired) electrons. The van der Waals surface area contributed by atoms with Crippen LogP contribution < -0.4 is 0 Å². The van der Waals surface area contributed by atoms with E-state index in [9.17, 15) is 4.57 Å². The Morgan fingerprint density at radius 3 is 2.43 bits per heavy atom. The summed E-state index contributed by atoms with van der Waals surface area (Å²) in [5.41, 5.74) is 0. The SMILES string of the molecule is CP(=O)(O)CN=S. The molecule has 0 aromatic carbocycles. The Balaban J connectivity index is 3.57. The smallest absolute Gasteiger partial charge is 0.219 e. The van der Waals surface area contributed by atoms with Crippen LogP contribution in [0.3, 0.4) is 0 Å². The molecule has 0 aliphatic rings. The van der Waals surface area contributed by atoms with Gasteiger partial charge in [-0.15, -0.1) is 0 Å². The van der Waals surface area contributed by atoms with Gasteiger partial charge in [0, 0.05) is 19.1 Å². The third kappa shape index (κ3) is 6.21. The van der Waals surface area contributed by atoms with Crippen LogP contribution in [0, 0.1) is 0 Å². The lowest BCUT2D eigenvalue weighted by Gasteiger charge is -1.94. The number of nitrogens with zero attached hydrogens (tertiary/aromatic N) is 1. The monoisotopic (exact) mass is 139 g/mol. The van der Waals surface area contributed by atoms with Gasteiger partial charge in [0.25, 0.3) is 0 Å². The van der Waals surface area contributed by atoms with Crippen molar-refractivity contribution in [2.45, 2.75) is 0 Å². The maximum atomic E-state index is 10.2. The van der Waals surface area contributed by atoms with E-state index in [4.69, 9.17) is 4.89 Å². The zero-order chi connectivity index (χ0) is 5.91. The van der Waals surface area contributed by atoms with Crippen molar-refractivity contribution in [2.75, 3.05) is 13.0 Å². The fourth-order valence-corrected chi connectivity index (χ4v) is 0.964. The molecule has 42 valence electrons. The average molecular weight is 139 g/mol. The van der Waals surface area contributed by atoms with Gasteiger partial charge in [-0.1, -0.05) is 0 Å². The standard InChI is InChI=1S/C2H6NO2PS/c1-6(4,5)2-3-7/h2H2,1H3,(H,4,5). The van der Waals surface area contributed by atoms with E-state index in [0.29, 0.717) is 0 Å². The molecule has 0 aromatic rings. The predicted octanol–water partition coefficient (Wildman–Crippen LogP) is 0.575. The first-order valence-corrected chi connectivity index (χ1v) is 4.30. The van der Waals surface area contributed by atoms with Crippen LogP contribution in [0.4, 0.5) is 0 Å². The molecule has 0 amide bonds. The molecule has 0 aliphatic heterocycles. The minimum absolute atomic E-state index is 0.109. The van der Waals surface area contributed by atoms with Crippen molar-refractivity contribution in [1.29, 1.82) is 0 Å². The molecule has 0 saturated heterocycles. The summed E-state index contributed by atoms with van der Waals surface area (Å²) in [4.78, 5) is 8.41. The number of hydrogen-bond donors (Lipinski definition) is 1. The largest absolute Gasteiger partial charge is 0.343 e. The zero-order valence-corrected chi connectivity index (χ0v) is 5.58. The second-order valence-corrected chi connectivity index (χ2v) is 3.96. The maximum absolute atomic E-state index is 10.2. The van der Waals surface area contributed by atoms with Crippen LogP contribution in [0.5, 0.6) is 0 Å². The van der Waals surface area contributed by atoms with Crippen molar-refractivity contribution in [2.24, 2.45) is 4.36 Å². The lowest BCUT2D eigenvalue weighted by molar-refractivity contribution is 0.486. The van der Waals surface area contributed by atoms with Gasteiger partial charge in [-0.25, -0.2) is 4.36 Å². The molecule has 5 heteroatoms. The van der Waals surface area contributed by atoms with Crippen molar-refractivity contribution in [3.8, 4) is 0 Å². The first-order chi connectivity index (χ1) is 3.06. The maximum Gasteiger partial charge on any atom is 0.219 e. The van der Waals surface area contributed by atoms with Crippen LogP contribution in [0.1, 0.15) is 0 Å². The first-order valence-electron chi connectivity index (χ1n) is 1.64. The second kappa shape index (κ2) is 2.50. The molecule has 3 nitrogen and oxygen atoms in total. The van der Waals surface area contributed by atoms with Crippen LogP contribution in [0.15, 0.2) is 4.36 Å². The summed E-state index contributed by atoms with van der Waals surface area (Å²) in [5.74, 6) is 0. The molecule has 1 atom stereocenters. The quantitative estimate of drug-likeness (QED) is 0.569. The van der Waals surface area contributed by atoms with Gasteiger partial charge < -0.3 is 4.89 Å². The molecule has 0 aromatic heterocycles. The Morgan fingerprint density at radius 2 is 2.43 bits per heavy atom. The van der Waals surface area contributed by atoms with E-state index in [0.717, 1.165) is 0 Å². The van der Waals surface area contributed by atoms with Gasteiger partial charge >= 0.3 is 0 Å². The fraction of sp³-hybridized carbons (Fsp3) is 1.00. The Kier molecular flexibility index (Phi) is 2.58. The van der Waals surface area contributed by atoms with Crippen LogP contribution in [0.2, 0.25) is 0 Å². The van der Waals surface area contributed by atoms with E-state index >= 15 is 0 Å². The highest BCUT2D eigenvalue weighted by Gasteiger charge is 2.05. The third-order valence-electron chi connectivity index (χ3n) is 0.320. The Labute approximate surface area is 47.4 Å². The zero-order valence-electron chi connectivity index (χ0n) is 3.87. The Hall–Kier alpha value is 0.210. The van der Waals surface area contributed by atoms with Gasteiger partial charge in [0.1, 0.15) is 6.29 Å². The minimum atomic E-state index is -2.94.